The van der Waals surface area contributed by atoms with E-state index in [0.29, 0.717) is 12.0 Å². The molecule has 1 unspecified atom stereocenters. The van der Waals surface area contributed by atoms with Crippen LogP contribution in [0.2, 0.25) is 0 Å². The number of benzene rings is 2. The number of ether oxygens (including phenoxy) is 1. The number of hydrazone groups is 1. The number of esters is 1. The van der Waals surface area contributed by atoms with Gasteiger partial charge in [0.1, 0.15) is 6.61 Å². The van der Waals surface area contributed by atoms with Crippen molar-refractivity contribution in [3.63, 3.8) is 0 Å². The van der Waals surface area contributed by atoms with E-state index < -0.39 is 0 Å². The monoisotopic (exact) mass is 463 g/mol. The van der Waals surface area contributed by atoms with Gasteiger partial charge in [0.25, 0.3) is 5.91 Å². The molecule has 7 heteroatoms. The summed E-state index contributed by atoms with van der Waals surface area (Å²) in [6, 6.07) is 13.5. The molecule has 2 aliphatic rings. The summed E-state index contributed by atoms with van der Waals surface area (Å²) < 4.78 is 4.99. The van der Waals surface area contributed by atoms with Crippen molar-refractivity contribution in [3.8, 4) is 0 Å². The number of rotatable bonds is 8. The quantitative estimate of drug-likeness (QED) is 0.459. The first kappa shape index (κ1) is 24.0. The van der Waals surface area contributed by atoms with Crippen LogP contribution in [-0.4, -0.2) is 54.5 Å². The fourth-order valence-electron chi connectivity index (χ4n) is 4.60. The van der Waals surface area contributed by atoms with Gasteiger partial charge < -0.3 is 15.2 Å². The van der Waals surface area contributed by atoms with E-state index in [2.05, 4.69) is 15.4 Å². The summed E-state index contributed by atoms with van der Waals surface area (Å²) in [4.78, 5) is 24.6. The van der Waals surface area contributed by atoms with Gasteiger partial charge in [-0.05, 0) is 85.4 Å². The smallest absolute Gasteiger partial charge is 0.306 e. The van der Waals surface area contributed by atoms with Crippen molar-refractivity contribution in [1.29, 1.82) is 0 Å². The molecule has 34 heavy (non-hydrogen) atoms. The molecule has 1 atom stereocenters. The lowest BCUT2D eigenvalue weighted by molar-refractivity contribution is -0.145. The van der Waals surface area contributed by atoms with Crippen molar-refractivity contribution in [2.75, 3.05) is 31.6 Å². The van der Waals surface area contributed by atoms with Crippen LogP contribution in [0.25, 0.3) is 0 Å². The lowest BCUT2D eigenvalue weighted by atomic mass is 9.82. The zero-order valence-electron chi connectivity index (χ0n) is 19.5. The first-order chi connectivity index (χ1) is 16.6. The predicted octanol–water partition coefficient (Wildman–Crippen LogP) is 3.79. The van der Waals surface area contributed by atoms with Crippen LogP contribution in [0.5, 0.6) is 0 Å². The average molecular weight is 464 g/mol. The molecular formula is C27H33N3O4. The third kappa shape index (κ3) is 6.67. The van der Waals surface area contributed by atoms with E-state index in [-0.39, 0.29) is 31.0 Å². The van der Waals surface area contributed by atoms with Gasteiger partial charge in [0.2, 0.25) is 0 Å². The second kappa shape index (κ2) is 11.8. The summed E-state index contributed by atoms with van der Waals surface area (Å²) in [6.07, 6.45) is 8.48. The molecule has 7 nitrogen and oxygen atoms in total. The summed E-state index contributed by atoms with van der Waals surface area (Å²) in [6.45, 7) is 1.93. The molecule has 1 heterocycles. The van der Waals surface area contributed by atoms with Crippen LogP contribution in [0.1, 0.15) is 59.2 Å². The van der Waals surface area contributed by atoms with E-state index in [9.17, 15) is 9.59 Å². The van der Waals surface area contributed by atoms with Crippen molar-refractivity contribution in [3.05, 3.63) is 64.7 Å². The van der Waals surface area contributed by atoms with Crippen LogP contribution >= 0.6 is 0 Å². The zero-order chi connectivity index (χ0) is 23.8. The third-order valence-electron chi connectivity index (χ3n) is 6.48. The Hall–Kier alpha value is -3.19. The van der Waals surface area contributed by atoms with E-state index in [1.54, 1.807) is 0 Å². The molecule has 4 rings (SSSR count). The molecule has 1 aliphatic heterocycles. The summed E-state index contributed by atoms with van der Waals surface area (Å²) in [7, 11) is 0. The number of amides is 1. The number of piperidine rings is 1. The standard InChI is InChI=1S/C27H33N3O4/c31-14-15-34-26(32)17-21-6-9-24-18-25(11-10-23(24)16-21)29-27(33)22-7-4-20(5-8-22)19-28-30-12-2-1-3-13-30/h4-5,7-8,10-11,18-19,21,31H,1-3,6,9,12-17H2,(H,29,33). The second-order valence-corrected chi connectivity index (χ2v) is 9.08. The number of nitrogens with one attached hydrogen (secondary N) is 1. The molecular weight excluding hydrogens is 430 g/mol. The largest absolute Gasteiger partial charge is 0.463 e. The van der Waals surface area contributed by atoms with Crippen molar-refractivity contribution in [2.24, 2.45) is 11.0 Å². The molecule has 0 spiro atoms. The van der Waals surface area contributed by atoms with Gasteiger partial charge in [0.05, 0.1) is 12.8 Å². The second-order valence-electron chi connectivity index (χ2n) is 9.08. The average Bonchev–Trinajstić information content (AvgIpc) is 2.87. The number of anilines is 1. The number of hydrogen-bond donors (Lipinski definition) is 2. The molecule has 2 aromatic rings. The van der Waals surface area contributed by atoms with Gasteiger partial charge in [0.15, 0.2) is 0 Å². The van der Waals surface area contributed by atoms with Crippen LogP contribution in [0.3, 0.4) is 0 Å². The van der Waals surface area contributed by atoms with Crippen LogP contribution in [0.4, 0.5) is 5.69 Å². The van der Waals surface area contributed by atoms with Crippen LogP contribution in [-0.2, 0) is 22.4 Å². The summed E-state index contributed by atoms with van der Waals surface area (Å²) in [5, 5.41) is 18.4. The molecule has 180 valence electrons. The Morgan fingerprint density at radius 2 is 1.88 bits per heavy atom. The number of hydrogen-bond acceptors (Lipinski definition) is 6. The normalized spacial score (nSPS) is 17.9. The van der Waals surface area contributed by atoms with E-state index in [0.717, 1.165) is 43.6 Å². The first-order valence-electron chi connectivity index (χ1n) is 12.2. The van der Waals surface area contributed by atoms with Crippen LogP contribution in [0.15, 0.2) is 47.6 Å². The molecule has 0 bridgehead atoms. The molecule has 0 radical (unpaired) electrons. The number of aryl methyl sites for hydroxylation is 1. The fourth-order valence-corrected chi connectivity index (χ4v) is 4.60. The minimum Gasteiger partial charge on any atom is -0.463 e. The molecule has 2 aromatic carbocycles. The van der Waals surface area contributed by atoms with Crippen molar-refractivity contribution in [2.45, 2.75) is 44.9 Å². The van der Waals surface area contributed by atoms with Gasteiger partial charge in [-0.3, -0.25) is 14.6 Å². The molecule has 1 aliphatic carbocycles. The number of fused-ring (bicyclic) bond motifs is 1. The fraction of sp³-hybridized carbons (Fsp3) is 0.444. The Morgan fingerprint density at radius 1 is 1.09 bits per heavy atom. The first-order valence-corrected chi connectivity index (χ1v) is 12.2. The molecule has 2 N–H and O–H groups in total. The summed E-state index contributed by atoms with van der Waals surface area (Å²) >= 11 is 0. The van der Waals surface area contributed by atoms with Gasteiger partial charge in [0, 0.05) is 30.8 Å². The topological polar surface area (TPSA) is 91.2 Å². The van der Waals surface area contributed by atoms with Crippen LogP contribution < -0.4 is 5.32 Å². The number of aliphatic hydroxyl groups is 1. The van der Waals surface area contributed by atoms with Crippen molar-refractivity contribution in [1.82, 2.24) is 5.01 Å². The van der Waals surface area contributed by atoms with Gasteiger partial charge in [-0.1, -0.05) is 18.2 Å². The summed E-state index contributed by atoms with van der Waals surface area (Å²) in [5.41, 5.74) is 4.78. The highest BCUT2D eigenvalue weighted by Gasteiger charge is 2.22. The number of carbonyl (C=O) groups excluding carboxylic acids is 2. The van der Waals surface area contributed by atoms with Gasteiger partial charge in [-0.15, -0.1) is 0 Å². The van der Waals surface area contributed by atoms with Crippen molar-refractivity contribution >= 4 is 23.8 Å². The summed E-state index contributed by atoms with van der Waals surface area (Å²) in [5.74, 6) is -0.147. The Balaban J connectivity index is 1.30. The highest BCUT2D eigenvalue weighted by Crippen LogP contribution is 2.30. The molecule has 1 amide bonds. The lowest BCUT2D eigenvalue weighted by Gasteiger charge is -2.24. The molecule has 0 aromatic heterocycles. The Morgan fingerprint density at radius 3 is 2.65 bits per heavy atom. The van der Waals surface area contributed by atoms with Gasteiger partial charge in [-0.2, -0.15) is 5.10 Å². The highest BCUT2D eigenvalue weighted by molar-refractivity contribution is 6.04. The van der Waals surface area contributed by atoms with Gasteiger partial charge >= 0.3 is 5.97 Å². The minimum absolute atomic E-state index is 0.0557. The molecule has 1 saturated heterocycles. The maximum Gasteiger partial charge on any atom is 0.306 e. The van der Waals surface area contributed by atoms with E-state index in [4.69, 9.17) is 9.84 Å². The number of nitrogens with zero attached hydrogens (tertiary/aromatic N) is 2. The Labute approximate surface area is 200 Å². The van der Waals surface area contributed by atoms with E-state index >= 15 is 0 Å². The molecule has 0 saturated carbocycles. The van der Waals surface area contributed by atoms with Gasteiger partial charge in [-0.25, -0.2) is 0 Å². The third-order valence-corrected chi connectivity index (χ3v) is 6.48. The SMILES string of the molecule is O=C(CC1CCc2cc(NC(=O)c3ccc(C=NN4CCCCC4)cc3)ccc2C1)OCCO. The molecule has 1 fully saturated rings. The Kier molecular flexibility index (Phi) is 8.31. The number of aliphatic hydroxyl groups excluding tert-OH is 1. The maximum atomic E-state index is 12.7. The minimum atomic E-state index is -0.254. The zero-order valence-corrected chi connectivity index (χ0v) is 19.5. The lowest BCUT2D eigenvalue weighted by Crippen LogP contribution is -2.24. The maximum absolute atomic E-state index is 12.7. The number of carbonyl (C=O) groups is 2. The highest BCUT2D eigenvalue weighted by atomic mass is 16.5. The van der Waals surface area contributed by atoms with E-state index in [1.165, 1.54) is 30.4 Å². The Bertz CT molecular complexity index is 1010. The predicted molar refractivity (Wildman–Crippen MR) is 132 cm³/mol. The van der Waals surface area contributed by atoms with Crippen molar-refractivity contribution < 1.29 is 19.4 Å². The van der Waals surface area contributed by atoms with Crippen LogP contribution in [0, 0.1) is 5.92 Å². The van der Waals surface area contributed by atoms with E-state index in [1.807, 2.05) is 48.7 Å².